The molecule has 0 saturated carbocycles. The Morgan fingerprint density at radius 3 is 2.58 bits per heavy atom. The summed E-state index contributed by atoms with van der Waals surface area (Å²) in [5.74, 6) is -0.229. The Bertz CT molecular complexity index is 590. The van der Waals surface area contributed by atoms with Gasteiger partial charge in [-0.1, -0.05) is 42.3 Å². The third-order valence-corrected chi connectivity index (χ3v) is 5.54. The lowest BCUT2D eigenvalue weighted by molar-refractivity contribution is 0.445. The zero-order chi connectivity index (χ0) is 14.8. The first-order valence-corrected chi connectivity index (χ1v) is 7.97. The molecule has 8 heteroatoms. The van der Waals surface area contributed by atoms with Crippen LogP contribution in [0.1, 0.15) is 6.92 Å². The van der Waals surface area contributed by atoms with Gasteiger partial charge in [-0.15, -0.1) is 0 Å². The van der Waals surface area contributed by atoms with Crippen LogP contribution >= 0.6 is 35.4 Å². The average molecular weight is 341 g/mol. The van der Waals surface area contributed by atoms with Crippen molar-refractivity contribution in [3.63, 3.8) is 0 Å². The van der Waals surface area contributed by atoms with E-state index in [4.69, 9.17) is 41.2 Å². The van der Waals surface area contributed by atoms with Crippen LogP contribution in [0.5, 0.6) is 0 Å². The second-order valence-corrected chi connectivity index (χ2v) is 7.49. The van der Waals surface area contributed by atoms with E-state index in [0.717, 1.165) is 4.31 Å². The third-order valence-electron chi connectivity index (χ3n) is 2.60. The molecule has 19 heavy (non-hydrogen) atoms. The molecule has 0 radical (unpaired) electrons. The number of sulfonamides is 1. The number of hydrogen-bond acceptors (Lipinski definition) is 3. The second kappa shape index (κ2) is 6.37. The summed E-state index contributed by atoms with van der Waals surface area (Å²) in [6.07, 6.45) is 0. The van der Waals surface area contributed by atoms with E-state index in [2.05, 4.69) is 0 Å². The van der Waals surface area contributed by atoms with Gasteiger partial charge in [0.2, 0.25) is 10.0 Å². The summed E-state index contributed by atoms with van der Waals surface area (Å²) in [4.78, 5) is 0.235. The van der Waals surface area contributed by atoms with E-state index in [1.165, 1.54) is 25.2 Å². The minimum atomic E-state index is -3.72. The molecular formula is C11H14Cl2N2O2S2. The Hall–Kier alpha value is -0.400. The molecule has 0 aliphatic rings. The largest absolute Gasteiger partial charge is 0.393 e. The summed E-state index contributed by atoms with van der Waals surface area (Å²) >= 11 is 16.5. The fourth-order valence-corrected chi connectivity index (χ4v) is 3.48. The molecule has 106 valence electrons. The maximum Gasteiger partial charge on any atom is 0.244 e. The molecule has 0 aliphatic heterocycles. The fraction of sp³-hybridized carbons (Fsp3) is 0.364. The predicted octanol–water partition coefficient (Wildman–Crippen LogP) is 2.54. The van der Waals surface area contributed by atoms with Gasteiger partial charge in [0.15, 0.2) is 0 Å². The van der Waals surface area contributed by atoms with Gasteiger partial charge in [-0.05, 0) is 18.2 Å². The Morgan fingerprint density at radius 2 is 2.05 bits per heavy atom. The van der Waals surface area contributed by atoms with Crippen molar-refractivity contribution in [2.45, 2.75) is 11.8 Å². The van der Waals surface area contributed by atoms with Gasteiger partial charge in [-0.25, -0.2) is 12.7 Å². The molecule has 0 aromatic heterocycles. The van der Waals surface area contributed by atoms with Gasteiger partial charge in [0.1, 0.15) is 4.90 Å². The summed E-state index contributed by atoms with van der Waals surface area (Å²) in [5.41, 5.74) is 5.48. The van der Waals surface area contributed by atoms with Crippen LogP contribution in [0.2, 0.25) is 10.0 Å². The number of nitrogens with two attached hydrogens (primary N) is 1. The van der Waals surface area contributed by atoms with Gasteiger partial charge < -0.3 is 5.73 Å². The molecule has 0 aliphatic carbocycles. The lowest BCUT2D eigenvalue weighted by atomic mass is 10.2. The molecular weight excluding hydrogens is 327 g/mol. The lowest BCUT2D eigenvalue weighted by Gasteiger charge is -2.21. The minimum absolute atomic E-state index is 0.0284. The van der Waals surface area contributed by atoms with Crippen molar-refractivity contribution in [1.82, 2.24) is 4.31 Å². The summed E-state index contributed by atoms with van der Waals surface area (Å²) in [5, 5.41) is 0.429. The summed E-state index contributed by atoms with van der Waals surface area (Å²) in [7, 11) is -2.27. The van der Waals surface area contributed by atoms with Crippen LogP contribution in [-0.2, 0) is 10.0 Å². The molecule has 0 saturated heterocycles. The van der Waals surface area contributed by atoms with Crippen LogP contribution in [0.3, 0.4) is 0 Å². The quantitative estimate of drug-likeness (QED) is 0.836. The Labute approximate surface area is 128 Å². The van der Waals surface area contributed by atoms with E-state index in [1.54, 1.807) is 6.92 Å². The molecule has 0 bridgehead atoms. The molecule has 1 rings (SSSR count). The SMILES string of the molecule is CC(CN(C)S(=O)(=O)c1cc(Cl)ccc1Cl)C(N)=S. The number of halogens is 2. The van der Waals surface area contributed by atoms with Crippen molar-refractivity contribution in [3.05, 3.63) is 28.2 Å². The number of nitrogens with zero attached hydrogens (tertiary/aromatic N) is 1. The molecule has 1 unspecified atom stereocenters. The van der Waals surface area contributed by atoms with Crippen LogP contribution in [0.25, 0.3) is 0 Å². The van der Waals surface area contributed by atoms with Crippen molar-refractivity contribution >= 4 is 50.4 Å². The van der Waals surface area contributed by atoms with Crippen molar-refractivity contribution in [2.75, 3.05) is 13.6 Å². The third kappa shape index (κ3) is 4.03. The summed E-state index contributed by atoms with van der Waals surface area (Å²) in [6.45, 7) is 1.94. The minimum Gasteiger partial charge on any atom is -0.393 e. The van der Waals surface area contributed by atoms with E-state index < -0.39 is 10.0 Å². The molecule has 2 N–H and O–H groups in total. The zero-order valence-corrected chi connectivity index (χ0v) is 13.6. The van der Waals surface area contributed by atoms with Crippen LogP contribution in [0.4, 0.5) is 0 Å². The maximum atomic E-state index is 12.4. The molecule has 0 heterocycles. The van der Waals surface area contributed by atoms with Crippen LogP contribution in [-0.4, -0.2) is 31.3 Å². The topological polar surface area (TPSA) is 63.4 Å². The van der Waals surface area contributed by atoms with Crippen LogP contribution in [0.15, 0.2) is 23.1 Å². The zero-order valence-electron chi connectivity index (χ0n) is 10.4. The number of hydrogen-bond donors (Lipinski definition) is 1. The first-order valence-electron chi connectivity index (χ1n) is 5.37. The van der Waals surface area contributed by atoms with E-state index in [1.807, 2.05) is 0 Å². The lowest BCUT2D eigenvalue weighted by Crippen LogP contribution is -2.35. The highest BCUT2D eigenvalue weighted by Crippen LogP contribution is 2.27. The van der Waals surface area contributed by atoms with Gasteiger partial charge in [-0.3, -0.25) is 0 Å². The normalized spacial score (nSPS) is 13.5. The van der Waals surface area contributed by atoms with E-state index in [-0.39, 0.29) is 27.4 Å². The maximum absolute atomic E-state index is 12.4. The average Bonchev–Trinajstić information content (AvgIpc) is 2.31. The fourth-order valence-electron chi connectivity index (χ4n) is 1.42. The predicted molar refractivity (Wildman–Crippen MR) is 82.2 cm³/mol. The van der Waals surface area contributed by atoms with Gasteiger partial charge in [0.05, 0.1) is 10.0 Å². The van der Waals surface area contributed by atoms with Crippen LogP contribution < -0.4 is 5.73 Å². The van der Waals surface area contributed by atoms with E-state index in [9.17, 15) is 8.42 Å². The number of benzene rings is 1. The highest BCUT2D eigenvalue weighted by Gasteiger charge is 2.25. The van der Waals surface area contributed by atoms with Crippen molar-refractivity contribution in [1.29, 1.82) is 0 Å². The molecule has 1 aromatic rings. The summed E-state index contributed by atoms with van der Waals surface area (Å²) in [6, 6.07) is 4.29. The Morgan fingerprint density at radius 1 is 1.47 bits per heavy atom. The number of thiocarbonyl (C=S) groups is 1. The second-order valence-electron chi connectivity index (χ2n) is 4.16. The Kier molecular flexibility index (Phi) is 5.58. The highest BCUT2D eigenvalue weighted by molar-refractivity contribution is 7.89. The smallest absolute Gasteiger partial charge is 0.244 e. The van der Waals surface area contributed by atoms with Gasteiger partial charge >= 0.3 is 0 Å². The molecule has 0 spiro atoms. The first kappa shape index (κ1) is 16.7. The van der Waals surface area contributed by atoms with Gasteiger partial charge in [0, 0.05) is 24.5 Å². The van der Waals surface area contributed by atoms with Crippen molar-refractivity contribution in [2.24, 2.45) is 11.7 Å². The molecule has 1 aromatic carbocycles. The number of rotatable bonds is 5. The van der Waals surface area contributed by atoms with Crippen molar-refractivity contribution in [3.8, 4) is 0 Å². The molecule has 0 amide bonds. The van der Waals surface area contributed by atoms with E-state index >= 15 is 0 Å². The van der Waals surface area contributed by atoms with Crippen LogP contribution in [0, 0.1) is 5.92 Å². The van der Waals surface area contributed by atoms with Gasteiger partial charge in [0.25, 0.3) is 0 Å². The monoisotopic (exact) mass is 340 g/mol. The molecule has 0 fully saturated rings. The Balaban J connectivity index is 3.10. The highest BCUT2D eigenvalue weighted by atomic mass is 35.5. The standard InChI is InChI=1S/C11H14Cl2N2O2S2/c1-7(11(14)18)6-15(2)19(16,17)10-5-8(12)3-4-9(10)13/h3-5,7H,6H2,1-2H3,(H2,14,18). The molecule has 4 nitrogen and oxygen atoms in total. The van der Waals surface area contributed by atoms with Gasteiger partial charge in [-0.2, -0.15) is 0 Å². The summed E-state index contributed by atoms with van der Waals surface area (Å²) < 4.78 is 25.9. The van der Waals surface area contributed by atoms with Crippen molar-refractivity contribution < 1.29 is 8.42 Å². The first-order chi connectivity index (χ1) is 8.66. The molecule has 1 atom stereocenters. The van der Waals surface area contributed by atoms with E-state index in [0.29, 0.717) is 5.02 Å².